The summed E-state index contributed by atoms with van der Waals surface area (Å²) in [4.78, 5) is 26.6. The molecule has 2 N–H and O–H groups in total. The van der Waals surface area contributed by atoms with Crippen molar-refractivity contribution in [2.24, 2.45) is 0 Å². The second-order valence-electron chi connectivity index (χ2n) is 8.21. The van der Waals surface area contributed by atoms with Gasteiger partial charge in [-0.3, -0.25) is 20.2 Å². The molecule has 1 saturated heterocycles. The van der Waals surface area contributed by atoms with Gasteiger partial charge >= 0.3 is 0 Å². The summed E-state index contributed by atoms with van der Waals surface area (Å²) >= 11 is 6.73. The van der Waals surface area contributed by atoms with Gasteiger partial charge in [0.2, 0.25) is 4.96 Å². The van der Waals surface area contributed by atoms with Crippen molar-refractivity contribution in [3.63, 3.8) is 0 Å². The first kappa shape index (κ1) is 23.8. The smallest absolute Gasteiger partial charge is 0.293 e. The zero-order chi connectivity index (χ0) is 25.2. The lowest BCUT2D eigenvalue weighted by Crippen LogP contribution is -2.34. The number of carbonyl (C=O) groups is 1. The zero-order valence-electron chi connectivity index (χ0n) is 19.3. The van der Waals surface area contributed by atoms with Gasteiger partial charge in [-0.15, -0.1) is 10.2 Å². The van der Waals surface area contributed by atoms with Gasteiger partial charge in [-0.1, -0.05) is 18.3 Å². The fraction of sp³-hybridized carbons (Fsp3) is 0.261. The van der Waals surface area contributed by atoms with Crippen LogP contribution < -0.4 is 15.5 Å². The first-order valence-corrected chi connectivity index (χ1v) is 12.6. The number of hydrogen-bond acceptors (Lipinski definition) is 9. The molecule has 4 aromatic rings. The molecule has 36 heavy (non-hydrogen) atoms. The van der Waals surface area contributed by atoms with Gasteiger partial charge in [0.15, 0.2) is 10.9 Å². The molecule has 2 aromatic carbocycles. The highest BCUT2D eigenvalue weighted by molar-refractivity contribution is 7.80. The Morgan fingerprint density at radius 1 is 1.17 bits per heavy atom. The van der Waals surface area contributed by atoms with Crippen LogP contribution in [0, 0.1) is 10.1 Å². The summed E-state index contributed by atoms with van der Waals surface area (Å²) in [6.07, 6.45) is 2.73. The monoisotopic (exact) mass is 522 g/mol. The molecule has 1 aliphatic heterocycles. The molecule has 1 amide bonds. The van der Waals surface area contributed by atoms with Crippen LogP contribution in [0.25, 0.3) is 15.5 Å². The van der Waals surface area contributed by atoms with Gasteiger partial charge in [-0.2, -0.15) is 9.61 Å². The van der Waals surface area contributed by atoms with Crippen LogP contribution >= 0.6 is 23.6 Å². The van der Waals surface area contributed by atoms with Crippen molar-refractivity contribution in [2.45, 2.75) is 26.2 Å². The average molecular weight is 523 g/mol. The lowest BCUT2D eigenvalue weighted by atomic mass is 10.1. The van der Waals surface area contributed by atoms with Gasteiger partial charge in [-0.25, -0.2) is 0 Å². The van der Waals surface area contributed by atoms with Crippen molar-refractivity contribution in [3.05, 3.63) is 64.0 Å². The highest BCUT2D eigenvalue weighted by atomic mass is 32.1. The SMILES string of the molecule is CCc1nnc2sc(-c3ccc(NC(=S)NC(=O)c4ccc(N5CCCC5)c([N+](=O)[O-])c4)cc3)nn12. The predicted molar refractivity (Wildman–Crippen MR) is 142 cm³/mol. The van der Waals surface area contributed by atoms with E-state index >= 15 is 0 Å². The minimum Gasteiger partial charge on any atom is -0.366 e. The number of aryl methyl sites for hydroxylation is 1. The number of nitro groups is 1. The van der Waals surface area contributed by atoms with Crippen LogP contribution in [0.4, 0.5) is 17.1 Å². The van der Waals surface area contributed by atoms with Gasteiger partial charge < -0.3 is 10.2 Å². The van der Waals surface area contributed by atoms with Crippen LogP contribution in [-0.2, 0) is 6.42 Å². The maximum absolute atomic E-state index is 12.7. The van der Waals surface area contributed by atoms with Crippen molar-refractivity contribution < 1.29 is 9.72 Å². The number of nitrogens with zero attached hydrogens (tertiary/aromatic N) is 6. The first-order valence-electron chi connectivity index (χ1n) is 11.4. The number of thiocarbonyl (C=S) groups is 1. The average Bonchev–Trinajstić information content (AvgIpc) is 3.62. The van der Waals surface area contributed by atoms with E-state index in [1.807, 2.05) is 36.1 Å². The predicted octanol–water partition coefficient (Wildman–Crippen LogP) is 4.05. The van der Waals surface area contributed by atoms with E-state index < -0.39 is 10.8 Å². The Bertz CT molecular complexity index is 1460. The summed E-state index contributed by atoms with van der Waals surface area (Å²) in [5, 5.41) is 30.9. The van der Waals surface area contributed by atoms with E-state index in [1.54, 1.807) is 16.6 Å². The molecule has 5 rings (SSSR count). The first-order chi connectivity index (χ1) is 17.4. The molecule has 0 radical (unpaired) electrons. The van der Waals surface area contributed by atoms with Crippen LogP contribution in [0.1, 0.15) is 35.9 Å². The molecule has 1 fully saturated rings. The van der Waals surface area contributed by atoms with E-state index in [-0.39, 0.29) is 16.4 Å². The van der Waals surface area contributed by atoms with E-state index in [1.165, 1.54) is 17.4 Å². The van der Waals surface area contributed by atoms with E-state index in [0.717, 1.165) is 53.7 Å². The second-order valence-corrected chi connectivity index (χ2v) is 9.58. The van der Waals surface area contributed by atoms with Crippen LogP contribution in [0.3, 0.4) is 0 Å². The van der Waals surface area contributed by atoms with Crippen LogP contribution in [0.5, 0.6) is 0 Å². The number of hydrogen-bond donors (Lipinski definition) is 2. The maximum atomic E-state index is 12.7. The van der Waals surface area contributed by atoms with Crippen molar-refractivity contribution >= 4 is 56.6 Å². The molecule has 0 aliphatic carbocycles. The second kappa shape index (κ2) is 9.95. The van der Waals surface area contributed by atoms with E-state index in [0.29, 0.717) is 11.4 Å². The molecule has 1 aliphatic rings. The van der Waals surface area contributed by atoms with Crippen LogP contribution in [0.2, 0.25) is 0 Å². The molecule has 0 unspecified atom stereocenters. The molecule has 11 nitrogen and oxygen atoms in total. The molecule has 0 spiro atoms. The number of carbonyl (C=O) groups excluding carboxylic acids is 1. The summed E-state index contributed by atoms with van der Waals surface area (Å²) in [7, 11) is 0. The lowest BCUT2D eigenvalue weighted by Gasteiger charge is -2.18. The van der Waals surface area contributed by atoms with E-state index in [4.69, 9.17) is 12.2 Å². The largest absolute Gasteiger partial charge is 0.366 e. The van der Waals surface area contributed by atoms with Crippen LogP contribution in [0.15, 0.2) is 42.5 Å². The number of amides is 1. The molecule has 0 atom stereocenters. The summed E-state index contributed by atoms with van der Waals surface area (Å²) in [5.41, 5.74) is 2.20. The highest BCUT2D eigenvalue weighted by Crippen LogP contribution is 2.32. The number of anilines is 2. The fourth-order valence-electron chi connectivity index (χ4n) is 4.06. The molecule has 3 heterocycles. The zero-order valence-corrected chi connectivity index (χ0v) is 20.9. The van der Waals surface area contributed by atoms with Gasteiger partial charge in [0.25, 0.3) is 11.6 Å². The maximum Gasteiger partial charge on any atom is 0.293 e. The summed E-state index contributed by atoms with van der Waals surface area (Å²) in [6.45, 7) is 3.54. The number of rotatable bonds is 6. The molecule has 0 saturated carbocycles. The lowest BCUT2D eigenvalue weighted by molar-refractivity contribution is -0.384. The Labute approximate surface area is 215 Å². The molecule has 13 heteroatoms. The van der Waals surface area contributed by atoms with Crippen molar-refractivity contribution in [1.82, 2.24) is 25.1 Å². The standard InChI is InChI=1S/C23H22N8O3S2/c1-2-19-26-27-23-30(19)28-21(36-23)14-5-8-16(9-6-14)24-22(35)25-20(32)15-7-10-17(18(13-15)31(33)34)29-11-3-4-12-29/h5-10,13H,2-4,11-12H2,1H3,(H2,24,25,32,35). The minimum absolute atomic E-state index is 0.0875. The Kier molecular flexibility index (Phi) is 6.57. The Hall–Kier alpha value is -3.97. The third-order valence-corrected chi connectivity index (χ3v) is 7.02. The number of nitro benzene ring substituents is 1. The molecule has 0 bridgehead atoms. The third-order valence-electron chi connectivity index (χ3n) is 5.87. The normalized spacial score (nSPS) is 13.2. The molecule has 184 valence electrons. The summed E-state index contributed by atoms with van der Waals surface area (Å²) in [5.74, 6) is 0.287. The topological polar surface area (TPSA) is 131 Å². The van der Waals surface area contributed by atoms with Gasteiger partial charge in [-0.05, 0) is 61.5 Å². The summed E-state index contributed by atoms with van der Waals surface area (Å²) < 4.78 is 1.75. The summed E-state index contributed by atoms with van der Waals surface area (Å²) in [6, 6.07) is 11.9. The number of fused-ring (bicyclic) bond motifs is 1. The Morgan fingerprint density at radius 2 is 1.92 bits per heavy atom. The van der Waals surface area contributed by atoms with Gasteiger partial charge in [0.05, 0.1) is 4.92 Å². The highest BCUT2D eigenvalue weighted by Gasteiger charge is 2.24. The van der Waals surface area contributed by atoms with Crippen molar-refractivity contribution in [1.29, 1.82) is 0 Å². The number of aromatic nitrogens is 4. The Morgan fingerprint density at radius 3 is 2.61 bits per heavy atom. The fourth-order valence-corrected chi connectivity index (χ4v) is 5.14. The van der Waals surface area contributed by atoms with Gasteiger partial charge in [0.1, 0.15) is 10.7 Å². The molecular formula is C23H22N8O3S2. The van der Waals surface area contributed by atoms with Crippen molar-refractivity contribution in [2.75, 3.05) is 23.3 Å². The van der Waals surface area contributed by atoms with Crippen LogP contribution in [-0.4, -0.2) is 48.8 Å². The third kappa shape index (κ3) is 4.75. The Balaban J connectivity index is 1.24. The van der Waals surface area contributed by atoms with Gasteiger partial charge in [0, 0.05) is 42.4 Å². The number of nitrogens with one attached hydrogen (secondary N) is 2. The number of benzene rings is 2. The molecular weight excluding hydrogens is 500 g/mol. The van der Waals surface area contributed by atoms with E-state index in [2.05, 4.69) is 25.9 Å². The minimum atomic E-state index is -0.522. The quantitative estimate of drug-likeness (QED) is 0.219. The van der Waals surface area contributed by atoms with Crippen molar-refractivity contribution in [3.8, 4) is 10.6 Å². The molecule has 2 aromatic heterocycles. The van der Waals surface area contributed by atoms with E-state index in [9.17, 15) is 14.9 Å².